The van der Waals surface area contributed by atoms with E-state index in [-0.39, 0.29) is 12.1 Å². The van der Waals surface area contributed by atoms with Gasteiger partial charge in [0.05, 0.1) is 11.4 Å². The average Bonchev–Trinajstić information content (AvgIpc) is 2.73. The van der Waals surface area contributed by atoms with Crippen LogP contribution in [0.3, 0.4) is 0 Å². The first kappa shape index (κ1) is 12.6. The Bertz CT molecular complexity index is 568. The predicted octanol–water partition coefficient (Wildman–Crippen LogP) is -0.285. The van der Waals surface area contributed by atoms with Crippen molar-refractivity contribution in [2.24, 2.45) is 4.99 Å². The molecular weight excluding hydrogens is 230 g/mol. The third kappa shape index (κ3) is 2.36. The van der Waals surface area contributed by atoms with Crippen molar-refractivity contribution < 1.29 is 9.90 Å². The Morgan fingerprint density at radius 3 is 2.89 bits per heavy atom. The van der Waals surface area contributed by atoms with Gasteiger partial charge in [-0.15, -0.1) is 0 Å². The van der Waals surface area contributed by atoms with Gasteiger partial charge in [-0.05, 0) is 25.6 Å². The first-order chi connectivity index (χ1) is 8.63. The van der Waals surface area contributed by atoms with Crippen LogP contribution >= 0.6 is 0 Å². The van der Waals surface area contributed by atoms with E-state index >= 15 is 0 Å². The SMILES string of the molecule is CNC(C)C1=c2ccccc2=NC1CNC(=O)O. The number of amides is 1. The number of nitrogens with zero attached hydrogens (tertiary/aromatic N) is 1. The lowest BCUT2D eigenvalue weighted by atomic mass is 10.00. The van der Waals surface area contributed by atoms with Gasteiger partial charge in [0.15, 0.2) is 0 Å². The van der Waals surface area contributed by atoms with Crippen LogP contribution in [-0.2, 0) is 0 Å². The third-order valence-electron chi connectivity index (χ3n) is 3.22. The summed E-state index contributed by atoms with van der Waals surface area (Å²) in [4.78, 5) is 15.2. The second-order valence-corrected chi connectivity index (χ2v) is 4.31. The summed E-state index contributed by atoms with van der Waals surface area (Å²) in [6.07, 6.45) is -1.02. The molecule has 18 heavy (non-hydrogen) atoms. The van der Waals surface area contributed by atoms with E-state index < -0.39 is 6.09 Å². The summed E-state index contributed by atoms with van der Waals surface area (Å²) in [6.45, 7) is 2.37. The highest BCUT2D eigenvalue weighted by Gasteiger charge is 2.23. The highest BCUT2D eigenvalue weighted by atomic mass is 16.4. The van der Waals surface area contributed by atoms with Gasteiger partial charge in [0.25, 0.3) is 0 Å². The molecule has 3 N–H and O–H groups in total. The molecule has 1 aromatic rings. The molecule has 0 aliphatic carbocycles. The van der Waals surface area contributed by atoms with Crippen LogP contribution in [0.4, 0.5) is 4.79 Å². The minimum atomic E-state index is -1.02. The topological polar surface area (TPSA) is 73.7 Å². The first-order valence-electron chi connectivity index (χ1n) is 5.94. The van der Waals surface area contributed by atoms with Gasteiger partial charge < -0.3 is 15.7 Å². The summed E-state index contributed by atoms with van der Waals surface area (Å²) >= 11 is 0. The molecule has 1 heterocycles. The number of nitrogens with one attached hydrogen (secondary N) is 2. The standard InChI is InChI=1S/C13H17N3O2/c1-8(14-2)12-9-5-3-4-6-10(9)16-11(12)7-15-13(17)18/h3-6,8,11,14-15H,7H2,1-2H3,(H,17,18). The van der Waals surface area contributed by atoms with Crippen LogP contribution in [0.15, 0.2) is 29.3 Å². The fraction of sp³-hybridized carbons (Fsp3) is 0.385. The maximum atomic E-state index is 10.6. The van der Waals surface area contributed by atoms with E-state index in [2.05, 4.69) is 22.5 Å². The third-order valence-corrected chi connectivity index (χ3v) is 3.22. The number of hydrogen-bond acceptors (Lipinski definition) is 3. The monoisotopic (exact) mass is 247 g/mol. The van der Waals surface area contributed by atoms with E-state index in [9.17, 15) is 4.79 Å². The Morgan fingerprint density at radius 1 is 1.50 bits per heavy atom. The van der Waals surface area contributed by atoms with E-state index in [0.29, 0.717) is 6.54 Å². The lowest BCUT2D eigenvalue weighted by molar-refractivity contribution is 0.194. The Kier molecular flexibility index (Phi) is 3.62. The van der Waals surface area contributed by atoms with Crippen LogP contribution in [0.2, 0.25) is 0 Å². The number of carbonyl (C=O) groups is 1. The van der Waals surface area contributed by atoms with Crippen molar-refractivity contribution in [1.29, 1.82) is 0 Å². The number of carboxylic acid groups (broad SMARTS) is 1. The van der Waals surface area contributed by atoms with Gasteiger partial charge in [-0.1, -0.05) is 18.2 Å². The Morgan fingerprint density at radius 2 is 2.22 bits per heavy atom. The van der Waals surface area contributed by atoms with Gasteiger partial charge in [-0.2, -0.15) is 0 Å². The van der Waals surface area contributed by atoms with E-state index in [0.717, 1.165) is 16.1 Å². The fourth-order valence-electron chi connectivity index (χ4n) is 2.26. The number of hydrogen-bond donors (Lipinski definition) is 3. The molecule has 2 unspecified atom stereocenters. The van der Waals surface area contributed by atoms with E-state index in [1.54, 1.807) is 0 Å². The smallest absolute Gasteiger partial charge is 0.404 e. The van der Waals surface area contributed by atoms with Gasteiger partial charge in [0.2, 0.25) is 0 Å². The van der Waals surface area contributed by atoms with Crippen LogP contribution < -0.4 is 21.2 Å². The van der Waals surface area contributed by atoms with Gasteiger partial charge in [0, 0.05) is 17.8 Å². The van der Waals surface area contributed by atoms with Crippen molar-refractivity contribution in [3.05, 3.63) is 34.8 Å². The molecule has 5 nitrogen and oxygen atoms in total. The molecule has 0 aromatic heterocycles. The van der Waals surface area contributed by atoms with Crippen LogP contribution in [-0.4, -0.2) is 36.9 Å². The molecule has 1 aliphatic rings. The maximum absolute atomic E-state index is 10.6. The molecule has 0 saturated carbocycles. The lowest BCUT2D eigenvalue weighted by Gasteiger charge is -2.19. The van der Waals surface area contributed by atoms with Gasteiger partial charge in [0.1, 0.15) is 0 Å². The quantitative estimate of drug-likeness (QED) is 0.685. The lowest BCUT2D eigenvalue weighted by Crippen LogP contribution is -2.37. The molecule has 0 saturated heterocycles. The molecule has 0 radical (unpaired) electrons. The van der Waals surface area contributed by atoms with Crippen molar-refractivity contribution in [1.82, 2.24) is 10.6 Å². The molecule has 96 valence electrons. The zero-order valence-corrected chi connectivity index (χ0v) is 10.5. The van der Waals surface area contributed by atoms with Crippen molar-refractivity contribution in [3.8, 4) is 0 Å². The molecule has 1 amide bonds. The fourth-order valence-corrected chi connectivity index (χ4v) is 2.26. The second kappa shape index (κ2) is 5.18. The van der Waals surface area contributed by atoms with Crippen molar-refractivity contribution in [2.75, 3.05) is 13.6 Å². The van der Waals surface area contributed by atoms with Gasteiger partial charge in [-0.3, -0.25) is 4.99 Å². The Hall–Kier alpha value is -1.88. The first-order valence-corrected chi connectivity index (χ1v) is 5.94. The summed E-state index contributed by atoms with van der Waals surface area (Å²) in [6, 6.07) is 7.95. The maximum Gasteiger partial charge on any atom is 0.404 e. The molecule has 2 atom stereocenters. The summed E-state index contributed by atoms with van der Waals surface area (Å²) in [5.74, 6) is 0. The van der Waals surface area contributed by atoms with Crippen LogP contribution in [0.5, 0.6) is 0 Å². The van der Waals surface area contributed by atoms with Crippen LogP contribution in [0, 0.1) is 0 Å². The van der Waals surface area contributed by atoms with E-state index in [4.69, 9.17) is 5.11 Å². The van der Waals surface area contributed by atoms with Crippen molar-refractivity contribution >= 4 is 11.7 Å². The zero-order valence-electron chi connectivity index (χ0n) is 10.5. The number of benzene rings is 1. The number of fused-ring (bicyclic) bond motifs is 1. The van der Waals surface area contributed by atoms with Crippen molar-refractivity contribution in [3.63, 3.8) is 0 Å². The average molecular weight is 247 g/mol. The number of para-hydroxylation sites is 1. The minimum Gasteiger partial charge on any atom is -0.465 e. The highest BCUT2D eigenvalue weighted by molar-refractivity contribution is 5.66. The molecule has 0 spiro atoms. The molecule has 0 fully saturated rings. The Balaban J connectivity index is 2.39. The summed E-state index contributed by atoms with van der Waals surface area (Å²) < 4.78 is 0. The van der Waals surface area contributed by atoms with Gasteiger partial charge in [-0.25, -0.2) is 4.79 Å². The summed E-state index contributed by atoms with van der Waals surface area (Å²) in [7, 11) is 1.89. The number of rotatable bonds is 4. The minimum absolute atomic E-state index is 0.124. The molecule has 0 bridgehead atoms. The zero-order chi connectivity index (χ0) is 13.1. The van der Waals surface area contributed by atoms with Gasteiger partial charge >= 0.3 is 6.09 Å². The van der Waals surface area contributed by atoms with E-state index in [1.807, 2.05) is 31.3 Å². The van der Waals surface area contributed by atoms with E-state index in [1.165, 1.54) is 0 Å². The largest absolute Gasteiger partial charge is 0.465 e. The van der Waals surface area contributed by atoms with Crippen LogP contribution in [0.25, 0.3) is 5.57 Å². The molecule has 1 aliphatic heterocycles. The summed E-state index contributed by atoms with van der Waals surface area (Å²) in [5, 5.41) is 16.3. The molecule has 1 aromatic carbocycles. The molecular formula is C13H17N3O2. The molecule has 5 heteroatoms. The second-order valence-electron chi connectivity index (χ2n) is 4.31. The predicted molar refractivity (Wildman–Crippen MR) is 69.0 cm³/mol. The highest BCUT2D eigenvalue weighted by Crippen LogP contribution is 2.13. The molecule has 2 rings (SSSR count). The normalized spacial score (nSPS) is 19.0. The summed E-state index contributed by atoms with van der Waals surface area (Å²) in [5.41, 5.74) is 1.14. The van der Waals surface area contributed by atoms with Crippen molar-refractivity contribution in [2.45, 2.75) is 19.0 Å². The Labute approximate surface area is 105 Å². The van der Waals surface area contributed by atoms with Crippen LogP contribution in [0.1, 0.15) is 6.92 Å².